The zero-order valence-electron chi connectivity index (χ0n) is 12.1. The van der Waals surface area contributed by atoms with E-state index in [1.54, 1.807) is 7.11 Å². The molecule has 0 heterocycles. The molecule has 0 fully saturated rings. The first-order chi connectivity index (χ1) is 9.90. The number of oxime groups is 1. The smallest absolute Gasteiger partial charge is 0.179 e. The van der Waals surface area contributed by atoms with Crippen LogP contribution >= 0.6 is 0 Å². The molecule has 21 heavy (non-hydrogen) atoms. The van der Waals surface area contributed by atoms with Gasteiger partial charge in [0.1, 0.15) is 0 Å². The van der Waals surface area contributed by atoms with E-state index < -0.39 is 9.84 Å². The van der Waals surface area contributed by atoms with Gasteiger partial charge in [-0.25, -0.2) is 8.42 Å². The minimum Gasteiger partial charge on any atom is -0.409 e. The van der Waals surface area contributed by atoms with E-state index in [9.17, 15) is 8.42 Å². The SMILES string of the molecule is COCC(C)NCCS(=O)(=O)c1ccc(/C(N)=N/O)cc1. The van der Waals surface area contributed by atoms with Crippen LogP contribution < -0.4 is 11.1 Å². The van der Waals surface area contributed by atoms with Gasteiger partial charge >= 0.3 is 0 Å². The lowest BCUT2D eigenvalue weighted by atomic mass is 10.2. The fourth-order valence-electron chi connectivity index (χ4n) is 1.76. The van der Waals surface area contributed by atoms with Crippen LogP contribution in [-0.2, 0) is 14.6 Å². The molecule has 0 aliphatic heterocycles. The summed E-state index contributed by atoms with van der Waals surface area (Å²) in [7, 11) is -1.77. The zero-order valence-corrected chi connectivity index (χ0v) is 12.9. The van der Waals surface area contributed by atoms with Gasteiger partial charge in [0.2, 0.25) is 0 Å². The lowest BCUT2D eigenvalue weighted by molar-refractivity contribution is 0.173. The van der Waals surface area contributed by atoms with E-state index in [4.69, 9.17) is 15.7 Å². The zero-order chi connectivity index (χ0) is 15.9. The van der Waals surface area contributed by atoms with Crippen molar-refractivity contribution in [2.75, 3.05) is 26.0 Å². The first kappa shape index (κ1) is 17.4. The summed E-state index contributed by atoms with van der Waals surface area (Å²) in [5.74, 6) is -0.0711. The molecule has 8 heteroatoms. The molecule has 0 bridgehead atoms. The molecular formula is C13H21N3O4S. The second kappa shape index (κ2) is 7.96. The monoisotopic (exact) mass is 315 g/mol. The number of rotatable bonds is 8. The standard InChI is InChI=1S/C13H21N3O4S/c1-10(9-20-2)15-7-8-21(18,19)12-5-3-11(4-6-12)13(14)16-17/h3-6,10,15,17H,7-9H2,1-2H3,(H2,14,16). The number of hydrogen-bond donors (Lipinski definition) is 3. The third-order valence-corrected chi connectivity index (χ3v) is 4.63. The summed E-state index contributed by atoms with van der Waals surface area (Å²) >= 11 is 0. The third kappa shape index (κ3) is 5.33. The molecule has 1 rings (SSSR count). The maximum atomic E-state index is 12.1. The van der Waals surface area contributed by atoms with Gasteiger partial charge in [-0.15, -0.1) is 0 Å². The van der Waals surface area contributed by atoms with Crippen LogP contribution in [0.4, 0.5) is 0 Å². The number of ether oxygens (including phenoxy) is 1. The van der Waals surface area contributed by atoms with Crippen molar-refractivity contribution in [1.82, 2.24) is 5.32 Å². The van der Waals surface area contributed by atoms with Crippen molar-refractivity contribution in [2.24, 2.45) is 10.9 Å². The van der Waals surface area contributed by atoms with Crippen molar-refractivity contribution in [1.29, 1.82) is 0 Å². The van der Waals surface area contributed by atoms with Crippen molar-refractivity contribution >= 4 is 15.7 Å². The van der Waals surface area contributed by atoms with E-state index in [0.717, 1.165) is 0 Å². The second-order valence-corrected chi connectivity index (χ2v) is 6.75. The molecular weight excluding hydrogens is 294 g/mol. The molecule has 1 atom stereocenters. The van der Waals surface area contributed by atoms with Gasteiger partial charge in [0.05, 0.1) is 17.3 Å². The minimum absolute atomic E-state index is 0.00995. The summed E-state index contributed by atoms with van der Waals surface area (Å²) in [4.78, 5) is 0.207. The van der Waals surface area contributed by atoms with Crippen LogP contribution in [0.1, 0.15) is 12.5 Å². The fourth-order valence-corrected chi connectivity index (χ4v) is 2.93. The average Bonchev–Trinajstić information content (AvgIpc) is 2.46. The van der Waals surface area contributed by atoms with Gasteiger partial charge in [0.15, 0.2) is 15.7 Å². The Balaban J connectivity index is 2.66. The van der Waals surface area contributed by atoms with Gasteiger partial charge in [-0.2, -0.15) is 0 Å². The van der Waals surface area contributed by atoms with Crippen molar-refractivity contribution in [3.05, 3.63) is 29.8 Å². The first-order valence-corrected chi connectivity index (χ1v) is 8.09. The summed E-state index contributed by atoms with van der Waals surface area (Å²) in [5, 5.41) is 14.5. The minimum atomic E-state index is -3.37. The van der Waals surface area contributed by atoms with Crippen molar-refractivity contribution < 1.29 is 18.4 Å². The van der Waals surface area contributed by atoms with Crippen LogP contribution in [0.25, 0.3) is 0 Å². The molecule has 4 N–H and O–H groups in total. The van der Waals surface area contributed by atoms with Crippen molar-refractivity contribution in [3.63, 3.8) is 0 Å². The van der Waals surface area contributed by atoms with E-state index in [0.29, 0.717) is 18.7 Å². The number of sulfone groups is 1. The van der Waals surface area contributed by atoms with Crippen LogP contribution in [0.3, 0.4) is 0 Å². The fraction of sp³-hybridized carbons (Fsp3) is 0.462. The van der Waals surface area contributed by atoms with Crippen LogP contribution in [0.15, 0.2) is 34.3 Å². The lowest BCUT2D eigenvalue weighted by Gasteiger charge is -2.12. The molecule has 0 aliphatic carbocycles. The van der Waals surface area contributed by atoms with Gasteiger partial charge in [0, 0.05) is 25.3 Å². The number of hydrogen-bond acceptors (Lipinski definition) is 6. The Morgan fingerprint density at radius 1 is 1.43 bits per heavy atom. The van der Waals surface area contributed by atoms with E-state index in [2.05, 4.69) is 10.5 Å². The maximum absolute atomic E-state index is 12.1. The Hall–Kier alpha value is -1.64. The second-order valence-electron chi connectivity index (χ2n) is 4.64. The largest absolute Gasteiger partial charge is 0.409 e. The van der Waals surface area contributed by atoms with Crippen LogP contribution in [-0.4, -0.2) is 51.5 Å². The quantitative estimate of drug-likeness (QED) is 0.273. The molecule has 0 amide bonds. The highest BCUT2D eigenvalue weighted by molar-refractivity contribution is 7.91. The highest BCUT2D eigenvalue weighted by Crippen LogP contribution is 2.12. The van der Waals surface area contributed by atoms with E-state index in [-0.39, 0.29) is 22.5 Å². The first-order valence-electron chi connectivity index (χ1n) is 6.43. The van der Waals surface area contributed by atoms with E-state index >= 15 is 0 Å². The van der Waals surface area contributed by atoms with Crippen LogP contribution in [0.5, 0.6) is 0 Å². The molecule has 118 valence electrons. The van der Waals surface area contributed by atoms with Gasteiger partial charge in [0.25, 0.3) is 0 Å². The van der Waals surface area contributed by atoms with Crippen molar-refractivity contribution in [2.45, 2.75) is 17.9 Å². The normalized spacial score (nSPS) is 14.1. The Morgan fingerprint density at radius 2 is 2.05 bits per heavy atom. The summed E-state index contributed by atoms with van der Waals surface area (Å²) in [6.45, 7) is 2.78. The highest BCUT2D eigenvalue weighted by atomic mass is 32.2. The predicted molar refractivity (Wildman–Crippen MR) is 80.3 cm³/mol. The highest BCUT2D eigenvalue weighted by Gasteiger charge is 2.15. The molecule has 0 aliphatic rings. The molecule has 7 nitrogen and oxygen atoms in total. The number of nitrogens with one attached hydrogen (secondary N) is 1. The number of benzene rings is 1. The van der Waals surface area contributed by atoms with Gasteiger partial charge < -0.3 is 21.0 Å². The van der Waals surface area contributed by atoms with Gasteiger partial charge in [-0.3, -0.25) is 0 Å². The maximum Gasteiger partial charge on any atom is 0.179 e. The average molecular weight is 315 g/mol. The van der Waals surface area contributed by atoms with Crippen LogP contribution in [0.2, 0.25) is 0 Å². The Kier molecular flexibility index (Phi) is 6.60. The van der Waals surface area contributed by atoms with Crippen LogP contribution in [0, 0.1) is 0 Å². The third-order valence-electron chi connectivity index (χ3n) is 2.90. The molecule has 0 aromatic heterocycles. The number of nitrogens with zero attached hydrogens (tertiary/aromatic N) is 1. The number of methoxy groups -OCH3 is 1. The topological polar surface area (TPSA) is 114 Å². The number of amidine groups is 1. The molecule has 0 radical (unpaired) electrons. The van der Waals surface area contributed by atoms with E-state index in [1.807, 2.05) is 6.92 Å². The van der Waals surface area contributed by atoms with E-state index in [1.165, 1.54) is 24.3 Å². The summed E-state index contributed by atoms with van der Waals surface area (Å²) in [6.07, 6.45) is 0. The Labute approximate surface area is 124 Å². The predicted octanol–water partition coefficient (Wildman–Crippen LogP) is 0.179. The Morgan fingerprint density at radius 3 is 2.57 bits per heavy atom. The molecule has 0 saturated heterocycles. The Bertz CT molecular complexity index is 570. The molecule has 1 aromatic carbocycles. The summed E-state index contributed by atoms with van der Waals surface area (Å²) in [5.41, 5.74) is 5.89. The molecule has 1 aromatic rings. The summed E-state index contributed by atoms with van der Waals surface area (Å²) < 4.78 is 29.2. The van der Waals surface area contributed by atoms with Crippen molar-refractivity contribution in [3.8, 4) is 0 Å². The summed E-state index contributed by atoms with van der Waals surface area (Å²) in [6, 6.07) is 5.99. The molecule has 0 saturated carbocycles. The van der Waals surface area contributed by atoms with Gasteiger partial charge in [-0.05, 0) is 31.2 Å². The van der Waals surface area contributed by atoms with Gasteiger partial charge in [-0.1, -0.05) is 5.16 Å². The lowest BCUT2D eigenvalue weighted by Crippen LogP contribution is -2.34. The molecule has 0 spiro atoms. The molecule has 1 unspecified atom stereocenters. The number of nitrogens with two attached hydrogens (primary N) is 1.